The van der Waals surface area contributed by atoms with Crippen LogP contribution in [0.2, 0.25) is 0 Å². The van der Waals surface area contributed by atoms with E-state index in [4.69, 9.17) is 5.11 Å². The predicted octanol–water partition coefficient (Wildman–Crippen LogP) is 2.62. The second kappa shape index (κ2) is 13.4. The molecule has 29 heavy (non-hydrogen) atoms. The maximum absolute atomic E-state index is 12.4. The Morgan fingerprint density at radius 3 is 2.03 bits per heavy atom. The highest BCUT2D eigenvalue weighted by Crippen LogP contribution is 2.16. The van der Waals surface area contributed by atoms with Crippen molar-refractivity contribution in [2.45, 2.75) is 60.4 Å². The topological polar surface area (TPSA) is 90.0 Å². The SMILES string of the molecule is C/C(=C\[C@H](C(C)C)N(C)C(=O)CNC(=O)C1CCN(C)CC1)C(=O)O.CC(C)C. The summed E-state index contributed by atoms with van der Waals surface area (Å²) in [6, 6.07) is -0.330. The van der Waals surface area contributed by atoms with E-state index in [1.807, 2.05) is 20.9 Å². The van der Waals surface area contributed by atoms with Crippen molar-refractivity contribution < 1.29 is 19.5 Å². The Kier molecular flexibility index (Phi) is 12.5. The fourth-order valence-corrected chi connectivity index (χ4v) is 2.95. The van der Waals surface area contributed by atoms with Gasteiger partial charge in [0.1, 0.15) is 0 Å². The van der Waals surface area contributed by atoms with Crippen LogP contribution >= 0.6 is 0 Å². The van der Waals surface area contributed by atoms with Crippen LogP contribution in [0.3, 0.4) is 0 Å². The summed E-state index contributed by atoms with van der Waals surface area (Å²) in [6.07, 6.45) is 3.20. The molecule has 0 radical (unpaired) electrons. The quantitative estimate of drug-likeness (QED) is 0.629. The van der Waals surface area contributed by atoms with E-state index in [1.54, 1.807) is 13.1 Å². The smallest absolute Gasteiger partial charge is 0.331 e. The zero-order valence-electron chi connectivity index (χ0n) is 19.5. The minimum absolute atomic E-state index is 0.0376. The lowest BCUT2D eigenvalue weighted by atomic mass is 9.96. The molecule has 7 heteroatoms. The molecule has 0 aromatic rings. The van der Waals surface area contributed by atoms with E-state index in [0.29, 0.717) is 0 Å². The molecule has 2 N–H and O–H groups in total. The van der Waals surface area contributed by atoms with Gasteiger partial charge in [-0.25, -0.2) is 4.79 Å². The van der Waals surface area contributed by atoms with E-state index in [-0.39, 0.29) is 41.8 Å². The molecule has 1 rings (SSSR count). The zero-order chi connectivity index (χ0) is 22.7. The third kappa shape index (κ3) is 11.0. The van der Waals surface area contributed by atoms with Gasteiger partial charge in [-0.1, -0.05) is 40.7 Å². The number of carbonyl (C=O) groups excluding carboxylic acids is 2. The zero-order valence-corrected chi connectivity index (χ0v) is 19.5. The number of rotatable bonds is 7. The van der Waals surface area contributed by atoms with Gasteiger partial charge in [-0.3, -0.25) is 9.59 Å². The van der Waals surface area contributed by atoms with Gasteiger partial charge in [0.05, 0.1) is 12.6 Å². The maximum Gasteiger partial charge on any atom is 0.331 e. The monoisotopic (exact) mass is 411 g/mol. The molecule has 1 aliphatic heterocycles. The molecule has 1 aliphatic rings. The van der Waals surface area contributed by atoms with E-state index in [2.05, 4.69) is 31.0 Å². The first-order chi connectivity index (χ1) is 13.4. The lowest BCUT2D eigenvalue weighted by Crippen LogP contribution is -2.46. The Balaban J connectivity index is 0.00000178. The number of nitrogens with one attached hydrogen (secondary N) is 1. The molecule has 168 valence electrons. The predicted molar refractivity (Wildman–Crippen MR) is 117 cm³/mol. The van der Waals surface area contributed by atoms with Crippen LogP contribution in [0.4, 0.5) is 0 Å². The fourth-order valence-electron chi connectivity index (χ4n) is 2.95. The van der Waals surface area contributed by atoms with Crippen LogP contribution in [0.25, 0.3) is 0 Å². The van der Waals surface area contributed by atoms with Crippen molar-refractivity contribution in [3.05, 3.63) is 11.6 Å². The van der Waals surface area contributed by atoms with Gasteiger partial charge in [-0.05, 0) is 51.7 Å². The van der Waals surface area contributed by atoms with Crippen LogP contribution < -0.4 is 5.32 Å². The molecular weight excluding hydrogens is 370 g/mol. The van der Waals surface area contributed by atoms with E-state index < -0.39 is 5.97 Å². The van der Waals surface area contributed by atoms with Crippen molar-refractivity contribution in [2.24, 2.45) is 17.8 Å². The molecule has 2 amide bonds. The van der Waals surface area contributed by atoms with Gasteiger partial charge in [-0.15, -0.1) is 0 Å². The van der Waals surface area contributed by atoms with Crippen LogP contribution in [0.5, 0.6) is 0 Å². The average molecular weight is 412 g/mol. The van der Waals surface area contributed by atoms with Crippen molar-refractivity contribution >= 4 is 17.8 Å². The number of hydrogen-bond acceptors (Lipinski definition) is 4. The Morgan fingerprint density at radius 2 is 1.62 bits per heavy atom. The third-order valence-corrected chi connectivity index (χ3v) is 4.78. The van der Waals surface area contributed by atoms with Crippen LogP contribution in [0, 0.1) is 17.8 Å². The number of aliphatic carboxylic acids is 1. The average Bonchev–Trinajstić information content (AvgIpc) is 2.62. The number of carbonyl (C=O) groups is 3. The summed E-state index contributed by atoms with van der Waals surface area (Å²) in [6.45, 7) is 13.6. The molecule has 0 bridgehead atoms. The summed E-state index contributed by atoms with van der Waals surface area (Å²) >= 11 is 0. The van der Waals surface area contributed by atoms with Gasteiger partial charge >= 0.3 is 5.97 Å². The van der Waals surface area contributed by atoms with Crippen molar-refractivity contribution in [1.29, 1.82) is 0 Å². The highest BCUT2D eigenvalue weighted by molar-refractivity contribution is 5.87. The number of likely N-dealkylation sites (N-methyl/N-ethyl adjacent to an activating group) is 1. The van der Waals surface area contributed by atoms with Crippen LogP contribution in [-0.2, 0) is 14.4 Å². The van der Waals surface area contributed by atoms with E-state index in [0.717, 1.165) is 31.8 Å². The van der Waals surface area contributed by atoms with E-state index in [9.17, 15) is 14.4 Å². The minimum Gasteiger partial charge on any atom is -0.478 e. The van der Waals surface area contributed by atoms with Crippen molar-refractivity contribution in [3.8, 4) is 0 Å². The van der Waals surface area contributed by atoms with Crippen LogP contribution in [-0.4, -0.2) is 72.5 Å². The maximum atomic E-state index is 12.4. The fraction of sp³-hybridized carbons (Fsp3) is 0.773. The standard InChI is InChI=1S/C18H31N3O4.C4H10/c1-12(2)15(10-13(3)18(24)25)21(5)16(22)11-19-17(23)14-6-8-20(4)9-7-14;1-4(2)3/h10,12,14-15H,6-9,11H2,1-5H3,(H,19,23)(H,24,25);4H,1-3H3/b13-10+;/t15-;/m1./s1. The molecule has 0 spiro atoms. The van der Waals surface area contributed by atoms with Gasteiger partial charge in [0.25, 0.3) is 0 Å². The Hall–Kier alpha value is -1.89. The first-order valence-corrected chi connectivity index (χ1v) is 10.5. The second-order valence-electron chi connectivity index (χ2n) is 8.92. The first kappa shape index (κ1) is 27.1. The van der Waals surface area contributed by atoms with Crippen LogP contribution in [0.15, 0.2) is 11.6 Å². The third-order valence-electron chi connectivity index (χ3n) is 4.78. The Bertz CT molecular complexity index is 562. The number of likely N-dealkylation sites (tertiary alicyclic amines) is 1. The van der Waals surface area contributed by atoms with Gasteiger partial charge in [0.2, 0.25) is 11.8 Å². The molecule has 1 fully saturated rings. The normalized spacial score (nSPS) is 16.8. The van der Waals surface area contributed by atoms with Gasteiger partial charge in [0, 0.05) is 18.5 Å². The van der Waals surface area contributed by atoms with Gasteiger partial charge in [0.15, 0.2) is 0 Å². The number of nitrogens with zero attached hydrogens (tertiary/aromatic N) is 2. The summed E-state index contributed by atoms with van der Waals surface area (Å²) in [5.41, 5.74) is 0.203. The molecule has 1 saturated heterocycles. The van der Waals surface area contributed by atoms with E-state index in [1.165, 1.54) is 11.8 Å². The number of carboxylic acids is 1. The largest absolute Gasteiger partial charge is 0.478 e. The molecule has 1 heterocycles. The lowest BCUT2D eigenvalue weighted by Gasteiger charge is -2.30. The molecule has 1 atom stereocenters. The van der Waals surface area contributed by atoms with Crippen molar-refractivity contribution in [2.75, 3.05) is 33.7 Å². The molecule has 0 unspecified atom stereocenters. The Morgan fingerprint density at radius 1 is 1.14 bits per heavy atom. The molecule has 0 saturated carbocycles. The second-order valence-corrected chi connectivity index (χ2v) is 8.92. The van der Waals surface area contributed by atoms with Gasteiger partial charge in [-0.2, -0.15) is 0 Å². The van der Waals surface area contributed by atoms with Gasteiger partial charge < -0.3 is 20.2 Å². The molecule has 0 aromatic carbocycles. The molecule has 7 nitrogen and oxygen atoms in total. The molecule has 0 aliphatic carbocycles. The highest BCUT2D eigenvalue weighted by atomic mass is 16.4. The summed E-state index contributed by atoms with van der Waals surface area (Å²) in [4.78, 5) is 39.3. The lowest BCUT2D eigenvalue weighted by molar-refractivity contribution is -0.135. The summed E-state index contributed by atoms with van der Waals surface area (Å²) in [7, 11) is 3.67. The number of amides is 2. The molecule has 0 aromatic heterocycles. The van der Waals surface area contributed by atoms with E-state index >= 15 is 0 Å². The summed E-state index contributed by atoms with van der Waals surface area (Å²) in [5, 5.41) is 11.8. The number of piperidine rings is 1. The van der Waals surface area contributed by atoms with Crippen molar-refractivity contribution in [1.82, 2.24) is 15.1 Å². The first-order valence-electron chi connectivity index (χ1n) is 10.5. The highest BCUT2D eigenvalue weighted by Gasteiger charge is 2.26. The number of carboxylic acid groups (broad SMARTS) is 1. The Labute approximate surface area is 176 Å². The summed E-state index contributed by atoms with van der Waals surface area (Å²) < 4.78 is 0. The van der Waals surface area contributed by atoms with Crippen molar-refractivity contribution in [3.63, 3.8) is 0 Å². The minimum atomic E-state index is -0.998. The summed E-state index contributed by atoms with van der Waals surface area (Å²) in [5.74, 6) is -0.443. The molecular formula is C22H41N3O4. The van der Waals surface area contributed by atoms with Crippen LogP contribution in [0.1, 0.15) is 54.4 Å². The number of hydrogen-bond donors (Lipinski definition) is 2.